The van der Waals surface area contributed by atoms with Crippen LogP contribution in [0.15, 0.2) is 12.4 Å². The molecule has 0 aromatic carbocycles. The molecule has 1 fully saturated rings. The zero-order valence-corrected chi connectivity index (χ0v) is 9.04. The van der Waals surface area contributed by atoms with Gasteiger partial charge in [0.05, 0.1) is 24.0 Å². The normalized spacial score (nSPS) is 16.4. The number of aromatic nitrogens is 2. The van der Waals surface area contributed by atoms with E-state index < -0.39 is 0 Å². The standard InChI is InChI=1S/C10H14ClN3/c1-14(9-3-2-4-9)10-7-12-8(5-11)6-13-10/h6-7,9H,2-5H2,1H3. The first-order chi connectivity index (χ1) is 6.81. The van der Waals surface area contributed by atoms with Crippen molar-refractivity contribution >= 4 is 17.4 Å². The monoisotopic (exact) mass is 211 g/mol. The first-order valence-corrected chi connectivity index (χ1v) is 5.44. The fraction of sp³-hybridized carbons (Fsp3) is 0.600. The predicted octanol–water partition coefficient (Wildman–Crippen LogP) is 2.20. The van der Waals surface area contributed by atoms with Crippen molar-refractivity contribution in [1.82, 2.24) is 9.97 Å². The Kier molecular flexibility index (Phi) is 2.87. The zero-order chi connectivity index (χ0) is 9.97. The van der Waals surface area contributed by atoms with Crippen molar-refractivity contribution in [3.05, 3.63) is 18.1 Å². The lowest BCUT2D eigenvalue weighted by molar-refractivity contribution is 0.399. The van der Waals surface area contributed by atoms with E-state index in [0.29, 0.717) is 11.9 Å². The summed E-state index contributed by atoms with van der Waals surface area (Å²) < 4.78 is 0. The fourth-order valence-corrected chi connectivity index (χ4v) is 1.70. The van der Waals surface area contributed by atoms with E-state index in [9.17, 15) is 0 Å². The molecule has 0 bridgehead atoms. The second kappa shape index (κ2) is 4.13. The summed E-state index contributed by atoms with van der Waals surface area (Å²) in [5, 5.41) is 0. The third-order valence-electron chi connectivity index (χ3n) is 2.81. The summed E-state index contributed by atoms with van der Waals surface area (Å²) in [6.45, 7) is 0. The van der Waals surface area contributed by atoms with Crippen molar-refractivity contribution in [2.75, 3.05) is 11.9 Å². The third kappa shape index (κ3) is 1.82. The SMILES string of the molecule is CN(c1cnc(CCl)cn1)C1CCC1. The van der Waals surface area contributed by atoms with E-state index in [1.165, 1.54) is 19.3 Å². The molecule has 4 heteroatoms. The Bertz CT molecular complexity index is 295. The van der Waals surface area contributed by atoms with E-state index in [1.807, 2.05) is 0 Å². The maximum Gasteiger partial charge on any atom is 0.147 e. The molecule has 14 heavy (non-hydrogen) atoms. The van der Waals surface area contributed by atoms with Crippen LogP contribution in [0.5, 0.6) is 0 Å². The molecule has 1 aromatic heterocycles. The second-order valence-electron chi connectivity index (χ2n) is 3.70. The molecule has 1 aliphatic carbocycles. The van der Waals surface area contributed by atoms with Crippen LogP contribution in [0.3, 0.4) is 0 Å². The summed E-state index contributed by atoms with van der Waals surface area (Å²) in [6, 6.07) is 0.658. The summed E-state index contributed by atoms with van der Waals surface area (Å²) in [5.41, 5.74) is 0.831. The van der Waals surface area contributed by atoms with Gasteiger partial charge in [0.15, 0.2) is 0 Å². The molecular weight excluding hydrogens is 198 g/mol. The van der Waals surface area contributed by atoms with Gasteiger partial charge in [-0.15, -0.1) is 11.6 Å². The molecule has 1 saturated carbocycles. The molecule has 2 rings (SSSR count). The molecule has 0 spiro atoms. The number of hydrogen-bond donors (Lipinski definition) is 0. The lowest BCUT2D eigenvalue weighted by Crippen LogP contribution is -2.37. The summed E-state index contributed by atoms with van der Waals surface area (Å²) in [6.07, 6.45) is 7.43. The van der Waals surface area contributed by atoms with Gasteiger partial charge in [-0.1, -0.05) is 0 Å². The average molecular weight is 212 g/mol. The van der Waals surface area contributed by atoms with Crippen LogP contribution in [-0.2, 0) is 5.88 Å². The Morgan fingerprint density at radius 3 is 2.64 bits per heavy atom. The Morgan fingerprint density at radius 2 is 2.21 bits per heavy atom. The highest BCUT2D eigenvalue weighted by Gasteiger charge is 2.22. The van der Waals surface area contributed by atoms with E-state index in [0.717, 1.165) is 11.5 Å². The molecule has 1 heterocycles. The highest BCUT2D eigenvalue weighted by molar-refractivity contribution is 6.16. The van der Waals surface area contributed by atoms with Crippen LogP contribution in [0, 0.1) is 0 Å². The van der Waals surface area contributed by atoms with Gasteiger partial charge in [0.25, 0.3) is 0 Å². The van der Waals surface area contributed by atoms with Crippen LogP contribution in [-0.4, -0.2) is 23.1 Å². The van der Waals surface area contributed by atoms with E-state index in [2.05, 4.69) is 21.9 Å². The predicted molar refractivity (Wildman–Crippen MR) is 57.6 cm³/mol. The summed E-state index contributed by atoms with van der Waals surface area (Å²) in [5.74, 6) is 1.38. The Morgan fingerprint density at radius 1 is 1.43 bits per heavy atom. The van der Waals surface area contributed by atoms with Crippen molar-refractivity contribution in [1.29, 1.82) is 0 Å². The molecule has 76 valence electrons. The van der Waals surface area contributed by atoms with Crippen molar-refractivity contribution in [3.63, 3.8) is 0 Å². The van der Waals surface area contributed by atoms with Crippen LogP contribution in [0.4, 0.5) is 5.82 Å². The minimum absolute atomic E-state index is 0.431. The van der Waals surface area contributed by atoms with Crippen LogP contribution in [0.25, 0.3) is 0 Å². The molecule has 1 aliphatic rings. The van der Waals surface area contributed by atoms with Crippen molar-refractivity contribution in [2.24, 2.45) is 0 Å². The smallest absolute Gasteiger partial charge is 0.147 e. The Hall–Kier alpha value is -0.830. The quantitative estimate of drug-likeness (QED) is 0.718. The lowest BCUT2D eigenvalue weighted by atomic mass is 9.92. The van der Waals surface area contributed by atoms with E-state index >= 15 is 0 Å². The van der Waals surface area contributed by atoms with Crippen molar-refractivity contribution in [2.45, 2.75) is 31.2 Å². The van der Waals surface area contributed by atoms with Gasteiger partial charge in [0, 0.05) is 13.1 Å². The molecule has 0 saturated heterocycles. The molecule has 1 aromatic rings. The van der Waals surface area contributed by atoms with Crippen molar-refractivity contribution < 1.29 is 0 Å². The number of alkyl halides is 1. The van der Waals surface area contributed by atoms with Crippen molar-refractivity contribution in [3.8, 4) is 0 Å². The number of hydrogen-bond acceptors (Lipinski definition) is 3. The van der Waals surface area contributed by atoms with Crippen LogP contribution < -0.4 is 4.90 Å². The largest absolute Gasteiger partial charge is 0.355 e. The Balaban J connectivity index is 2.07. The molecule has 0 unspecified atom stereocenters. The van der Waals surface area contributed by atoms with Gasteiger partial charge < -0.3 is 4.90 Å². The fourth-order valence-electron chi connectivity index (χ4n) is 1.56. The van der Waals surface area contributed by atoms with E-state index in [1.54, 1.807) is 12.4 Å². The second-order valence-corrected chi connectivity index (χ2v) is 3.96. The minimum atomic E-state index is 0.431. The summed E-state index contributed by atoms with van der Waals surface area (Å²) in [4.78, 5) is 10.8. The van der Waals surface area contributed by atoms with Crippen LogP contribution in [0.2, 0.25) is 0 Å². The topological polar surface area (TPSA) is 29.0 Å². The minimum Gasteiger partial charge on any atom is -0.355 e. The van der Waals surface area contributed by atoms with Gasteiger partial charge in [0.1, 0.15) is 5.82 Å². The van der Waals surface area contributed by atoms with Gasteiger partial charge in [-0.05, 0) is 19.3 Å². The van der Waals surface area contributed by atoms with Gasteiger partial charge >= 0.3 is 0 Å². The maximum absolute atomic E-state index is 5.64. The molecule has 0 aliphatic heterocycles. The lowest BCUT2D eigenvalue weighted by Gasteiger charge is -2.35. The number of halogens is 1. The number of anilines is 1. The first kappa shape index (κ1) is 9.71. The number of nitrogens with zero attached hydrogens (tertiary/aromatic N) is 3. The molecule has 3 nitrogen and oxygen atoms in total. The third-order valence-corrected chi connectivity index (χ3v) is 3.09. The van der Waals surface area contributed by atoms with Gasteiger partial charge in [0.2, 0.25) is 0 Å². The van der Waals surface area contributed by atoms with Gasteiger partial charge in [-0.2, -0.15) is 0 Å². The zero-order valence-electron chi connectivity index (χ0n) is 8.28. The molecule has 0 amide bonds. The average Bonchev–Trinajstić information content (AvgIpc) is 2.15. The first-order valence-electron chi connectivity index (χ1n) is 4.91. The summed E-state index contributed by atoms with van der Waals surface area (Å²) >= 11 is 5.64. The molecule has 0 atom stereocenters. The molecule has 0 radical (unpaired) electrons. The highest BCUT2D eigenvalue weighted by Crippen LogP contribution is 2.26. The number of rotatable bonds is 3. The Labute approximate surface area is 89.1 Å². The van der Waals surface area contributed by atoms with Gasteiger partial charge in [-0.3, -0.25) is 4.98 Å². The van der Waals surface area contributed by atoms with Crippen LogP contribution >= 0.6 is 11.6 Å². The molecular formula is C10H14ClN3. The van der Waals surface area contributed by atoms with Crippen LogP contribution in [0.1, 0.15) is 25.0 Å². The van der Waals surface area contributed by atoms with Gasteiger partial charge in [-0.25, -0.2) is 4.98 Å². The maximum atomic E-state index is 5.64. The van der Waals surface area contributed by atoms with E-state index in [4.69, 9.17) is 11.6 Å². The summed E-state index contributed by atoms with van der Waals surface area (Å²) in [7, 11) is 2.08. The molecule has 0 N–H and O–H groups in total. The van der Waals surface area contributed by atoms with E-state index in [-0.39, 0.29) is 0 Å². The highest BCUT2D eigenvalue weighted by atomic mass is 35.5.